The van der Waals surface area contributed by atoms with E-state index < -0.39 is 0 Å². The number of benzene rings is 1. The number of aryl methyl sites for hydroxylation is 1. The lowest BCUT2D eigenvalue weighted by atomic mass is 10.0. The number of nitrogens with one attached hydrogen (secondary N) is 1. The Kier molecular flexibility index (Phi) is 4.01. The molecule has 0 bridgehead atoms. The summed E-state index contributed by atoms with van der Waals surface area (Å²) in [6, 6.07) is 12.3. The van der Waals surface area contributed by atoms with Crippen LogP contribution in [0, 0.1) is 6.92 Å². The van der Waals surface area contributed by atoms with Gasteiger partial charge in [-0.1, -0.05) is 18.2 Å². The van der Waals surface area contributed by atoms with Gasteiger partial charge in [-0.05, 0) is 30.7 Å². The van der Waals surface area contributed by atoms with Crippen LogP contribution in [0.3, 0.4) is 0 Å². The molecule has 1 aliphatic heterocycles. The first kappa shape index (κ1) is 15.5. The Bertz CT molecular complexity index is 930. The number of guanidine groups is 1. The second kappa shape index (κ2) is 6.47. The van der Waals surface area contributed by atoms with Crippen molar-refractivity contribution in [3.05, 3.63) is 65.6 Å². The first-order valence-corrected chi connectivity index (χ1v) is 8.41. The zero-order valence-electron chi connectivity index (χ0n) is 14.1. The molecule has 0 saturated heterocycles. The van der Waals surface area contributed by atoms with E-state index in [0.29, 0.717) is 19.1 Å². The van der Waals surface area contributed by atoms with Crippen molar-refractivity contribution in [2.45, 2.75) is 25.9 Å². The molecule has 25 heavy (non-hydrogen) atoms. The van der Waals surface area contributed by atoms with Crippen molar-refractivity contribution < 1.29 is 4.74 Å². The summed E-state index contributed by atoms with van der Waals surface area (Å²) in [6.45, 7) is 3.18. The summed E-state index contributed by atoms with van der Waals surface area (Å²) < 4.78 is 7.67. The van der Waals surface area contributed by atoms with Gasteiger partial charge in [0.1, 0.15) is 11.4 Å². The van der Waals surface area contributed by atoms with Gasteiger partial charge in [-0.15, -0.1) is 0 Å². The van der Waals surface area contributed by atoms with Gasteiger partial charge in [-0.25, -0.2) is 9.98 Å². The van der Waals surface area contributed by atoms with Gasteiger partial charge in [0, 0.05) is 24.4 Å². The fraction of sp³-hybridized carbons (Fsp3) is 0.263. The van der Waals surface area contributed by atoms with Gasteiger partial charge in [-0.3, -0.25) is 0 Å². The van der Waals surface area contributed by atoms with Crippen LogP contribution in [0.15, 0.2) is 53.8 Å². The van der Waals surface area contributed by atoms with E-state index in [1.165, 1.54) is 5.56 Å². The number of imidazole rings is 1. The number of hydrogen-bond acceptors (Lipinski definition) is 3. The Morgan fingerprint density at radius 2 is 2.28 bits per heavy atom. The third-order valence-electron chi connectivity index (χ3n) is 4.36. The summed E-state index contributed by atoms with van der Waals surface area (Å²) >= 11 is 0. The smallest absolute Gasteiger partial charge is 0.189 e. The lowest BCUT2D eigenvalue weighted by Crippen LogP contribution is -2.37. The molecule has 0 spiro atoms. The van der Waals surface area contributed by atoms with Gasteiger partial charge in [0.05, 0.1) is 24.9 Å². The average molecular weight is 335 g/mol. The molecule has 0 aliphatic carbocycles. The standard InChI is InChI=1S/C19H21N5O/c1-13-6-8-24-12-14(22-18(24)10-13)11-21-19(20)23-16-7-9-25-17-5-3-2-4-15(16)17/h2-6,8,10,12,16H,7,9,11H2,1H3,(H3,20,21,23). The average Bonchev–Trinajstić information content (AvgIpc) is 3.02. The number of hydrogen-bond donors (Lipinski definition) is 2. The van der Waals surface area contributed by atoms with E-state index in [-0.39, 0.29) is 6.04 Å². The minimum absolute atomic E-state index is 0.123. The molecule has 128 valence electrons. The number of aliphatic imine (C=N–C) groups is 1. The minimum Gasteiger partial charge on any atom is -0.493 e. The highest BCUT2D eigenvalue weighted by Crippen LogP contribution is 2.31. The normalized spacial score (nSPS) is 17.2. The molecule has 0 amide bonds. The number of ether oxygens (including phenoxy) is 1. The van der Waals surface area contributed by atoms with Crippen LogP contribution in [0.1, 0.15) is 29.3 Å². The Morgan fingerprint density at radius 1 is 1.40 bits per heavy atom. The van der Waals surface area contributed by atoms with Crippen molar-refractivity contribution in [3.63, 3.8) is 0 Å². The molecule has 0 fully saturated rings. The van der Waals surface area contributed by atoms with E-state index in [1.54, 1.807) is 0 Å². The molecule has 6 heteroatoms. The van der Waals surface area contributed by atoms with Gasteiger partial charge in [-0.2, -0.15) is 0 Å². The predicted molar refractivity (Wildman–Crippen MR) is 97.7 cm³/mol. The number of rotatable bonds is 3. The number of nitrogens with zero attached hydrogens (tertiary/aromatic N) is 3. The maximum Gasteiger partial charge on any atom is 0.189 e. The lowest BCUT2D eigenvalue weighted by molar-refractivity contribution is 0.262. The van der Waals surface area contributed by atoms with E-state index in [4.69, 9.17) is 10.5 Å². The Balaban J connectivity index is 1.46. The van der Waals surface area contributed by atoms with Crippen LogP contribution in [0.5, 0.6) is 5.75 Å². The minimum atomic E-state index is 0.123. The molecule has 1 unspecified atom stereocenters. The second-order valence-corrected chi connectivity index (χ2v) is 6.28. The molecule has 0 saturated carbocycles. The molecule has 3 N–H and O–H groups in total. The summed E-state index contributed by atoms with van der Waals surface area (Å²) in [5.41, 5.74) is 10.2. The van der Waals surface area contributed by atoms with Crippen LogP contribution in [-0.2, 0) is 6.54 Å². The number of para-hydroxylation sites is 1. The molecule has 3 aromatic rings. The third-order valence-corrected chi connectivity index (χ3v) is 4.36. The quantitative estimate of drug-likeness (QED) is 0.570. The lowest BCUT2D eigenvalue weighted by Gasteiger charge is -2.26. The van der Waals surface area contributed by atoms with Gasteiger partial charge >= 0.3 is 0 Å². The van der Waals surface area contributed by atoms with Gasteiger partial charge in [0.2, 0.25) is 0 Å². The molecular formula is C19H21N5O. The molecule has 1 aliphatic rings. The second-order valence-electron chi connectivity index (χ2n) is 6.28. The predicted octanol–water partition coefficient (Wildman–Crippen LogP) is 2.57. The number of fused-ring (bicyclic) bond motifs is 2. The van der Waals surface area contributed by atoms with Gasteiger partial charge < -0.3 is 20.2 Å². The summed E-state index contributed by atoms with van der Waals surface area (Å²) in [5, 5.41) is 3.30. The van der Waals surface area contributed by atoms with E-state index in [2.05, 4.69) is 34.3 Å². The Hall–Kier alpha value is -3.02. The fourth-order valence-corrected chi connectivity index (χ4v) is 3.09. The summed E-state index contributed by atoms with van der Waals surface area (Å²) in [6.07, 6.45) is 4.85. The van der Waals surface area contributed by atoms with Crippen LogP contribution >= 0.6 is 0 Å². The van der Waals surface area contributed by atoms with Gasteiger partial charge in [0.25, 0.3) is 0 Å². The highest BCUT2D eigenvalue weighted by molar-refractivity contribution is 5.78. The van der Waals surface area contributed by atoms with Crippen LogP contribution in [0.4, 0.5) is 0 Å². The van der Waals surface area contributed by atoms with Crippen molar-refractivity contribution in [2.24, 2.45) is 10.7 Å². The SMILES string of the molecule is Cc1ccn2cc(CN=C(N)NC3CCOc4ccccc43)nc2c1. The van der Waals surface area contributed by atoms with E-state index in [1.807, 2.05) is 41.1 Å². The highest BCUT2D eigenvalue weighted by atomic mass is 16.5. The highest BCUT2D eigenvalue weighted by Gasteiger charge is 2.21. The first-order valence-electron chi connectivity index (χ1n) is 8.41. The molecule has 1 atom stereocenters. The molecule has 0 radical (unpaired) electrons. The molecular weight excluding hydrogens is 314 g/mol. The summed E-state index contributed by atoms with van der Waals surface area (Å²) in [5.74, 6) is 1.34. The van der Waals surface area contributed by atoms with Gasteiger partial charge in [0.15, 0.2) is 5.96 Å². The number of nitrogens with two attached hydrogens (primary N) is 1. The Morgan fingerprint density at radius 3 is 3.20 bits per heavy atom. The summed E-state index contributed by atoms with van der Waals surface area (Å²) in [4.78, 5) is 9.03. The molecule has 6 nitrogen and oxygen atoms in total. The molecule has 1 aromatic carbocycles. The topological polar surface area (TPSA) is 76.9 Å². The largest absolute Gasteiger partial charge is 0.493 e. The third kappa shape index (κ3) is 3.28. The van der Waals surface area contributed by atoms with E-state index in [0.717, 1.165) is 29.1 Å². The zero-order chi connectivity index (χ0) is 17.2. The van der Waals surface area contributed by atoms with Crippen LogP contribution < -0.4 is 15.8 Å². The van der Waals surface area contributed by atoms with Crippen LogP contribution in [-0.4, -0.2) is 22.0 Å². The Labute approximate surface area is 146 Å². The summed E-state index contributed by atoms with van der Waals surface area (Å²) in [7, 11) is 0. The van der Waals surface area contributed by atoms with Crippen molar-refractivity contribution >= 4 is 11.6 Å². The monoisotopic (exact) mass is 335 g/mol. The molecule has 3 heterocycles. The fourth-order valence-electron chi connectivity index (χ4n) is 3.09. The first-order chi connectivity index (χ1) is 12.2. The van der Waals surface area contributed by atoms with Crippen LogP contribution in [0.25, 0.3) is 5.65 Å². The number of pyridine rings is 1. The molecule has 4 rings (SSSR count). The maximum atomic E-state index is 6.09. The molecule has 2 aromatic heterocycles. The van der Waals surface area contributed by atoms with Crippen LogP contribution in [0.2, 0.25) is 0 Å². The van der Waals surface area contributed by atoms with E-state index >= 15 is 0 Å². The van der Waals surface area contributed by atoms with Crippen molar-refractivity contribution in [3.8, 4) is 5.75 Å². The van der Waals surface area contributed by atoms with Crippen molar-refractivity contribution in [2.75, 3.05) is 6.61 Å². The number of aromatic nitrogens is 2. The van der Waals surface area contributed by atoms with Crippen molar-refractivity contribution in [1.29, 1.82) is 0 Å². The van der Waals surface area contributed by atoms with Crippen molar-refractivity contribution in [1.82, 2.24) is 14.7 Å². The zero-order valence-corrected chi connectivity index (χ0v) is 14.1. The maximum absolute atomic E-state index is 6.09. The van der Waals surface area contributed by atoms with E-state index in [9.17, 15) is 0 Å².